The lowest BCUT2D eigenvalue weighted by Crippen LogP contribution is -2.54. The fourth-order valence-electron chi connectivity index (χ4n) is 4.79. The smallest absolute Gasteiger partial charge is 0.307 e. The van der Waals surface area contributed by atoms with Gasteiger partial charge in [0, 0.05) is 19.4 Å². The highest BCUT2D eigenvalue weighted by molar-refractivity contribution is 6.28. The second kappa shape index (κ2) is 8.10. The van der Waals surface area contributed by atoms with Gasteiger partial charge in [0.15, 0.2) is 5.78 Å². The number of carbonyl (C=O) groups excluding carboxylic acids is 4. The Labute approximate surface area is 180 Å². The van der Waals surface area contributed by atoms with E-state index < -0.39 is 40.9 Å². The standard InChI is InChI=1S/C25H24O6/c1-15(26)30-22-13-12-18(17-8-4-3-5-9-17)14-21(22)25(31-16(2)27)23(28)19-10-6-7-11-20(19)24(25)29/h4,6-10,12-13,20-21H,3,5,11,14H2,1-2H3. The highest BCUT2D eigenvalue weighted by Gasteiger charge is 2.65. The van der Waals surface area contributed by atoms with Crippen molar-refractivity contribution in [2.75, 3.05) is 0 Å². The Morgan fingerprint density at radius 2 is 1.84 bits per heavy atom. The van der Waals surface area contributed by atoms with Gasteiger partial charge in [-0.3, -0.25) is 19.2 Å². The highest BCUT2D eigenvalue weighted by atomic mass is 16.6. The van der Waals surface area contributed by atoms with Crippen molar-refractivity contribution in [1.29, 1.82) is 0 Å². The molecule has 6 nitrogen and oxygen atoms in total. The highest BCUT2D eigenvalue weighted by Crippen LogP contribution is 2.49. The van der Waals surface area contributed by atoms with Gasteiger partial charge < -0.3 is 9.47 Å². The number of allylic oxidation sites excluding steroid dienone is 10. The molecule has 0 aromatic heterocycles. The number of rotatable bonds is 4. The van der Waals surface area contributed by atoms with E-state index in [2.05, 4.69) is 12.2 Å². The van der Waals surface area contributed by atoms with Gasteiger partial charge in [-0.05, 0) is 42.9 Å². The van der Waals surface area contributed by atoms with Crippen LogP contribution in [0, 0.1) is 11.8 Å². The number of carbonyl (C=O) groups is 4. The van der Waals surface area contributed by atoms with E-state index in [0.717, 1.165) is 24.0 Å². The summed E-state index contributed by atoms with van der Waals surface area (Å²) in [4.78, 5) is 51.2. The van der Waals surface area contributed by atoms with Gasteiger partial charge in [-0.15, -0.1) is 0 Å². The zero-order valence-corrected chi connectivity index (χ0v) is 17.6. The summed E-state index contributed by atoms with van der Waals surface area (Å²) < 4.78 is 11.0. The van der Waals surface area contributed by atoms with Crippen molar-refractivity contribution < 1.29 is 28.7 Å². The fraction of sp³-hybridized carbons (Fsp3) is 0.360. The van der Waals surface area contributed by atoms with Crippen LogP contribution in [0.1, 0.15) is 39.5 Å². The molecule has 4 aliphatic rings. The first-order valence-electron chi connectivity index (χ1n) is 10.5. The van der Waals surface area contributed by atoms with E-state index >= 15 is 0 Å². The number of hydrogen-bond donors (Lipinski definition) is 0. The molecule has 0 bridgehead atoms. The first-order chi connectivity index (χ1) is 14.8. The van der Waals surface area contributed by atoms with Crippen LogP contribution >= 0.6 is 0 Å². The predicted molar refractivity (Wildman–Crippen MR) is 112 cm³/mol. The average molecular weight is 420 g/mol. The van der Waals surface area contributed by atoms with Crippen LogP contribution in [0.4, 0.5) is 0 Å². The van der Waals surface area contributed by atoms with E-state index in [9.17, 15) is 19.2 Å². The minimum absolute atomic E-state index is 0.159. The third-order valence-electron chi connectivity index (χ3n) is 6.08. The van der Waals surface area contributed by atoms with Crippen LogP contribution in [-0.4, -0.2) is 29.1 Å². The maximum atomic E-state index is 13.6. The summed E-state index contributed by atoms with van der Waals surface area (Å²) in [6.45, 7) is 2.44. The number of hydrogen-bond acceptors (Lipinski definition) is 6. The Morgan fingerprint density at radius 3 is 2.48 bits per heavy atom. The van der Waals surface area contributed by atoms with Crippen LogP contribution in [0.2, 0.25) is 0 Å². The molecule has 1 saturated carbocycles. The van der Waals surface area contributed by atoms with Gasteiger partial charge in [0.1, 0.15) is 5.76 Å². The quantitative estimate of drug-likeness (QED) is 0.510. The monoisotopic (exact) mass is 420 g/mol. The van der Waals surface area contributed by atoms with Crippen LogP contribution < -0.4 is 0 Å². The van der Waals surface area contributed by atoms with Gasteiger partial charge in [0.05, 0.1) is 11.8 Å². The molecule has 0 spiro atoms. The Balaban J connectivity index is 1.83. The second-order valence-corrected chi connectivity index (χ2v) is 8.11. The summed E-state index contributed by atoms with van der Waals surface area (Å²) in [5, 5.41) is 0. The molecule has 4 aliphatic carbocycles. The van der Waals surface area contributed by atoms with Crippen LogP contribution in [-0.2, 0) is 28.7 Å². The molecule has 0 amide bonds. The molecular weight excluding hydrogens is 396 g/mol. The Hall–Kier alpha value is -3.28. The minimum atomic E-state index is -2.05. The largest absolute Gasteiger partial charge is 0.442 e. The molecule has 1 fully saturated rings. The van der Waals surface area contributed by atoms with Gasteiger partial charge in [-0.25, -0.2) is 0 Å². The molecule has 0 radical (unpaired) electrons. The molecule has 0 saturated heterocycles. The lowest BCUT2D eigenvalue weighted by atomic mass is 9.74. The predicted octanol–water partition coefficient (Wildman–Crippen LogP) is 3.61. The number of Topliss-reactive ketones (excluding diaryl/α,β-unsaturated/α-hetero) is 2. The zero-order valence-electron chi connectivity index (χ0n) is 17.6. The molecule has 0 N–H and O–H groups in total. The fourth-order valence-corrected chi connectivity index (χ4v) is 4.79. The van der Waals surface area contributed by atoms with Crippen molar-refractivity contribution >= 4 is 23.5 Å². The van der Waals surface area contributed by atoms with Gasteiger partial charge in [-0.2, -0.15) is 0 Å². The summed E-state index contributed by atoms with van der Waals surface area (Å²) >= 11 is 0. The van der Waals surface area contributed by atoms with E-state index in [1.165, 1.54) is 13.8 Å². The topological polar surface area (TPSA) is 86.7 Å². The summed E-state index contributed by atoms with van der Waals surface area (Å²) in [5.41, 5.74) is 0.173. The third-order valence-corrected chi connectivity index (χ3v) is 6.08. The van der Waals surface area contributed by atoms with Gasteiger partial charge in [0.25, 0.3) is 0 Å². The van der Waals surface area contributed by atoms with Crippen LogP contribution in [0.3, 0.4) is 0 Å². The number of ketones is 2. The van der Waals surface area contributed by atoms with E-state index in [4.69, 9.17) is 9.47 Å². The van der Waals surface area contributed by atoms with Crippen molar-refractivity contribution in [2.45, 2.75) is 45.1 Å². The lowest BCUT2D eigenvalue weighted by molar-refractivity contribution is -0.175. The Bertz CT molecular complexity index is 1050. The molecule has 0 aromatic rings. The Kier molecular flexibility index (Phi) is 5.48. The van der Waals surface area contributed by atoms with E-state index in [1.54, 1.807) is 18.2 Å². The summed E-state index contributed by atoms with van der Waals surface area (Å²) in [6.07, 6.45) is 17.2. The van der Waals surface area contributed by atoms with Crippen molar-refractivity contribution in [3.63, 3.8) is 0 Å². The van der Waals surface area contributed by atoms with Crippen molar-refractivity contribution in [3.05, 3.63) is 71.1 Å². The molecule has 160 valence electrons. The third kappa shape index (κ3) is 3.56. The van der Waals surface area contributed by atoms with Crippen molar-refractivity contribution in [1.82, 2.24) is 0 Å². The Morgan fingerprint density at radius 1 is 1.03 bits per heavy atom. The average Bonchev–Trinajstić information content (AvgIpc) is 2.96. The normalized spacial score (nSPS) is 29.5. The maximum absolute atomic E-state index is 13.6. The molecule has 0 aromatic carbocycles. The zero-order chi connectivity index (χ0) is 22.2. The minimum Gasteiger partial charge on any atom is -0.442 e. The molecule has 3 unspecified atom stereocenters. The van der Waals surface area contributed by atoms with E-state index in [1.807, 2.05) is 18.2 Å². The maximum Gasteiger partial charge on any atom is 0.307 e. The number of esters is 2. The molecule has 6 heteroatoms. The number of ether oxygens (including phenoxy) is 2. The van der Waals surface area contributed by atoms with Crippen LogP contribution in [0.5, 0.6) is 0 Å². The SMILES string of the molecule is CC(=O)OC1=CC=C(C2=CCCC=C2)CC1C1(OC(C)=O)C(=O)C2=CC=CCC2C1=O. The molecule has 0 heterocycles. The first kappa shape index (κ1) is 21.0. The number of fused-ring (bicyclic) bond motifs is 1. The van der Waals surface area contributed by atoms with Crippen molar-refractivity contribution in [3.8, 4) is 0 Å². The lowest BCUT2D eigenvalue weighted by Gasteiger charge is -2.36. The summed E-state index contributed by atoms with van der Waals surface area (Å²) in [7, 11) is 0. The van der Waals surface area contributed by atoms with Gasteiger partial charge in [-0.1, -0.05) is 42.5 Å². The van der Waals surface area contributed by atoms with Gasteiger partial charge in [0.2, 0.25) is 11.4 Å². The molecule has 31 heavy (non-hydrogen) atoms. The van der Waals surface area contributed by atoms with Crippen molar-refractivity contribution in [2.24, 2.45) is 11.8 Å². The molecule has 0 aliphatic heterocycles. The molecule has 4 rings (SSSR count). The second-order valence-electron chi connectivity index (χ2n) is 8.11. The first-order valence-corrected chi connectivity index (χ1v) is 10.5. The van der Waals surface area contributed by atoms with E-state index in [-0.39, 0.29) is 12.2 Å². The molecular formula is C25H24O6. The van der Waals surface area contributed by atoms with Gasteiger partial charge >= 0.3 is 11.9 Å². The summed E-state index contributed by atoms with van der Waals surface area (Å²) in [5.74, 6) is -3.73. The van der Waals surface area contributed by atoms with Crippen LogP contribution in [0.25, 0.3) is 0 Å². The summed E-state index contributed by atoms with van der Waals surface area (Å²) in [6, 6.07) is 0. The van der Waals surface area contributed by atoms with E-state index in [0.29, 0.717) is 12.0 Å². The van der Waals surface area contributed by atoms with Crippen LogP contribution in [0.15, 0.2) is 71.1 Å². The molecule has 3 atom stereocenters.